The number of nitrogens with two attached hydrogens (primary N) is 2. The molecule has 10 aliphatic rings. The zero-order valence-electron chi connectivity index (χ0n) is 74.7. The summed E-state index contributed by atoms with van der Waals surface area (Å²) in [4.78, 5) is 130. The predicted octanol–water partition coefficient (Wildman–Crippen LogP) is 8.92. The van der Waals surface area contributed by atoms with E-state index in [0.29, 0.717) is 37.1 Å². The van der Waals surface area contributed by atoms with E-state index in [2.05, 4.69) is 38.8 Å². The van der Waals surface area contributed by atoms with E-state index in [1.807, 2.05) is 38.2 Å². The average molecular weight is 1880 g/mol. The van der Waals surface area contributed by atoms with Crippen LogP contribution in [-0.2, 0) is 85.6 Å². The van der Waals surface area contributed by atoms with Crippen molar-refractivity contribution in [2.45, 2.75) is 295 Å². The van der Waals surface area contributed by atoms with Crippen molar-refractivity contribution >= 4 is 106 Å². The Morgan fingerprint density at radius 3 is 1.39 bits per heavy atom. The number of aromatic amines is 2. The van der Waals surface area contributed by atoms with Gasteiger partial charge in [-0.15, -0.1) is 0 Å². The highest BCUT2D eigenvalue weighted by Gasteiger charge is 2.62. The number of methoxy groups -OCH3 is 2. The molecular formula is C88H120Cl4N8O28. The lowest BCUT2D eigenvalue weighted by Gasteiger charge is -2.50. The average Bonchev–Trinajstić information content (AvgIpc) is 1.53. The smallest absolute Gasteiger partial charge is 0.405 e. The quantitative estimate of drug-likeness (QED) is 0.0131. The van der Waals surface area contributed by atoms with Crippen molar-refractivity contribution in [3.05, 3.63) is 114 Å². The molecule has 5 saturated heterocycles. The van der Waals surface area contributed by atoms with Crippen molar-refractivity contribution in [1.29, 1.82) is 0 Å². The second kappa shape index (κ2) is 40.2. The minimum atomic E-state index is -1.92. The van der Waals surface area contributed by atoms with Crippen LogP contribution in [0.3, 0.4) is 0 Å². The van der Waals surface area contributed by atoms with Crippen molar-refractivity contribution in [1.82, 2.24) is 25.5 Å². The number of aliphatic imine (C=N–C) groups is 1. The fourth-order valence-corrected chi connectivity index (χ4v) is 20.9. The van der Waals surface area contributed by atoms with E-state index in [9.17, 15) is 73.8 Å². The third-order valence-corrected chi connectivity index (χ3v) is 28.5. The van der Waals surface area contributed by atoms with Crippen LogP contribution in [0.25, 0.3) is 0 Å². The summed E-state index contributed by atoms with van der Waals surface area (Å²) in [6.07, 6.45) is -13.8. The number of ether oxygens (including phenoxy) is 13. The number of aliphatic hydroxyl groups is 6. The molecule has 2 saturated carbocycles. The zero-order chi connectivity index (χ0) is 94.7. The maximum Gasteiger partial charge on any atom is 0.405 e. The van der Waals surface area contributed by atoms with E-state index in [1.54, 1.807) is 76.2 Å². The molecule has 2 aromatic rings. The van der Waals surface area contributed by atoms with Gasteiger partial charge in [-0.25, -0.2) is 14.6 Å². The van der Waals surface area contributed by atoms with E-state index in [1.165, 1.54) is 33.0 Å². The number of carbonyl (C=O) groups is 9. The number of nitrogens with zero attached hydrogens (tertiary/aromatic N) is 2. The standard InChI is InChI=1S/2C44H60Cl2N4O14/c1-16(2)33-35(53)29(41(56)50(33)42-38(59-10)37(62-23(9)51)36(20(6)61-42)64-43(47)57)34(52)28-18(4)11-13-24-25(14-12-17(3)27(24)28)63-26-15-44(58,39(54)21(7)60-26)22(8)49-40(55)32-31(46)30(45)19(5)48-32;1-16(2)35-34(53)32(50-42(63-35)39-37(58-10)38(61-23(9)51)36(20(6)60-39)64-43(47)56)33(52)28-18(4)11-13-24-25(14-12-17(3)27(24)28)62-26-15-44(57,40(54)21(7)59-26)22(8)49-41(55)31-30(46)29(45)19(5)48-31/h11,13,16,18,20-22,24-28,33,36-39,42,48,52,54,58H,3,12,14-15H2,1-2,4-10H3,(H2,47,57)(H,49,55);11,13,16,18,20-22,24-28,35-40,48,52,54,57H,3,12,14-15H2,1-2,4-10H3,(H2,47,56)(H,49,55)/b34-29-;33-32-. The number of aliphatic hydroxyl groups excluding tert-OH is 4. The molecule has 6 aliphatic heterocycles. The second-order valence-corrected chi connectivity index (χ2v) is 37.4. The van der Waals surface area contributed by atoms with Gasteiger partial charge in [-0.2, -0.15) is 0 Å². The molecule has 12 rings (SSSR count). The number of amides is 5. The van der Waals surface area contributed by atoms with Crippen LogP contribution in [0.5, 0.6) is 0 Å². The number of allylic oxidation sites excluding steroid dienone is 6. The second-order valence-electron chi connectivity index (χ2n) is 35.9. The lowest BCUT2D eigenvalue weighted by molar-refractivity contribution is -0.296. The van der Waals surface area contributed by atoms with Crippen molar-refractivity contribution in [2.24, 2.45) is 75.6 Å². The minimum absolute atomic E-state index is 0.00400. The molecule has 0 bridgehead atoms. The first kappa shape index (κ1) is 101. The first-order valence-corrected chi connectivity index (χ1v) is 44.4. The number of hydrogen-bond donors (Lipinski definition) is 12. The summed E-state index contributed by atoms with van der Waals surface area (Å²) < 4.78 is 77.5. The minimum Gasteiger partial charge on any atom is -0.511 e. The third kappa shape index (κ3) is 19.7. The van der Waals surface area contributed by atoms with Gasteiger partial charge in [-0.05, 0) is 117 Å². The molecule has 0 aromatic carbocycles. The van der Waals surface area contributed by atoms with Crippen molar-refractivity contribution in [3.63, 3.8) is 0 Å². The fraction of sp³-hybridized carbons (Fsp3) is 0.659. The maximum atomic E-state index is 14.8. The Labute approximate surface area is 761 Å². The van der Waals surface area contributed by atoms with Crippen LogP contribution < -0.4 is 22.1 Å². The van der Waals surface area contributed by atoms with Crippen molar-refractivity contribution in [3.8, 4) is 0 Å². The molecule has 8 heterocycles. The highest BCUT2D eigenvalue weighted by atomic mass is 35.5. The number of H-pyrrole nitrogens is 2. The summed E-state index contributed by atoms with van der Waals surface area (Å²) in [7, 11) is 2.62. The number of Topliss-reactive ketones (excluding diaryl/α,β-unsaturated/α-hetero) is 2. The number of aromatic nitrogens is 2. The molecular weight excluding hydrogens is 1760 g/mol. The van der Waals surface area contributed by atoms with Crippen LogP contribution in [0, 0.1) is 73.0 Å². The highest BCUT2D eigenvalue weighted by molar-refractivity contribution is 6.45. The Hall–Kier alpha value is -8.02. The van der Waals surface area contributed by atoms with Crippen LogP contribution in [0.1, 0.15) is 168 Å². The molecule has 2 aromatic heterocycles. The molecule has 36 nitrogen and oxygen atoms in total. The van der Waals surface area contributed by atoms with Crippen LogP contribution in [0.4, 0.5) is 9.59 Å². The molecule has 0 radical (unpaired) electrons. The van der Waals surface area contributed by atoms with Crippen LogP contribution >= 0.6 is 46.4 Å². The molecule has 7 fully saturated rings. The van der Waals surface area contributed by atoms with Crippen molar-refractivity contribution < 1.29 is 135 Å². The lowest BCUT2D eigenvalue weighted by atomic mass is 9.61. The monoisotopic (exact) mass is 1880 g/mol. The highest BCUT2D eigenvalue weighted by Crippen LogP contribution is 2.54. The van der Waals surface area contributed by atoms with Gasteiger partial charge in [0.15, 0.2) is 66.9 Å². The summed E-state index contributed by atoms with van der Waals surface area (Å²) in [6.45, 7) is 34.7. The summed E-state index contributed by atoms with van der Waals surface area (Å²) in [6, 6.07) is -3.18. The van der Waals surface area contributed by atoms with E-state index in [-0.39, 0.29) is 67.6 Å². The van der Waals surface area contributed by atoms with Gasteiger partial charge in [0.25, 0.3) is 17.7 Å². The maximum absolute atomic E-state index is 14.8. The SMILES string of the molecule is C=C1CCC(OC2CC(O)(C(C)NC(=O)c3[nH]c(C)c(Cl)c3Cl)C(O)C(C)O2)C2C=CC(C)C(/C(O)=C3/N=C(C4OC(C)C(OC(N)=O)C(OC(C)=O)C4OC)OC(C(C)C)C3=O)C12.C=C1CCC(OC2CC(O)(C(C)NC(=O)c3[nH]c(C)c(Cl)c3Cl)C(O)C(C)O2)C2C=CC(C)C(/C(O)=C3\C(=O)C(C(C)C)N(C4OC(C)C(OC(N)=O)C(OC(C)=O)C4OC)C3=O)C12. The number of aryl methyl sites for hydroxylation is 2. The summed E-state index contributed by atoms with van der Waals surface area (Å²) in [5.41, 5.74) is 8.75. The molecule has 32 unspecified atom stereocenters. The Morgan fingerprint density at radius 2 is 1.00 bits per heavy atom. The number of hydrogen-bond acceptors (Lipinski definition) is 29. The number of ketones is 2. The fourth-order valence-electron chi connectivity index (χ4n) is 20.0. The van der Waals surface area contributed by atoms with Gasteiger partial charge in [0.1, 0.15) is 70.1 Å². The topological polar surface area (TPSA) is 518 Å². The summed E-state index contributed by atoms with van der Waals surface area (Å²) in [5, 5.41) is 77.3. The number of esters is 2. The van der Waals surface area contributed by atoms with E-state index in [0.717, 1.165) is 18.1 Å². The third-order valence-electron chi connectivity index (χ3n) is 26.6. The van der Waals surface area contributed by atoms with Gasteiger partial charge >= 0.3 is 24.1 Å². The Bertz CT molecular complexity index is 4760. The molecule has 32 atom stereocenters. The van der Waals surface area contributed by atoms with Gasteiger partial charge < -0.3 is 124 Å². The molecule has 40 heteroatoms. The lowest BCUT2D eigenvalue weighted by Crippen LogP contribution is -2.66. The Balaban J connectivity index is 0.000000248. The Kier molecular flexibility index (Phi) is 31.6. The number of fused-ring (bicyclic) bond motifs is 2. The van der Waals surface area contributed by atoms with Gasteiger partial charge in [0, 0.05) is 76.0 Å². The first-order chi connectivity index (χ1) is 59.9. The summed E-state index contributed by atoms with van der Waals surface area (Å²) in [5.74, 6) is -10.5. The number of carbonyl (C=O) groups excluding carboxylic acids is 9. The van der Waals surface area contributed by atoms with E-state index < -0.39 is 264 Å². The van der Waals surface area contributed by atoms with Crippen LogP contribution in [-0.4, -0.2) is 265 Å². The van der Waals surface area contributed by atoms with E-state index in [4.69, 9.17) is 119 Å². The normalized spacial score (nSPS) is 37.9. The molecule has 708 valence electrons. The molecule has 14 N–H and O–H groups in total. The number of likely N-dealkylation sites (tertiary alicyclic amines) is 1. The summed E-state index contributed by atoms with van der Waals surface area (Å²) >= 11 is 24.9. The number of nitrogens with one attached hydrogen (secondary N) is 4. The van der Waals surface area contributed by atoms with Crippen LogP contribution in [0.15, 0.2) is 76.4 Å². The molecule has 5 amide bonds. The molecule has 4 aliphatic carbocycles. The zero-order valence-corrected chi connectivity index (χ0v) is 77.7. The van der Waals surface area contributed by atoms with Gasteiger partial charge in [0.05, 0.1) is 68.8 Å². The number of rotatable bonds is 22. The van der Waals surface area contributed by atoms with Gasteiger partial charge in [0.2, 0.25) is 11.7 Å². The predicted molar refractivity (Wildman–Crippen MR) is 461 cm³/mol. The van der Waals surface area contributed by atoms with Gasteiger partial charge in [-0.1, -0.05) is 137 Å². The van der Waals surface area contributed by atoms with Gasteiger partial charge in [-0.3, -0.25) is 38.5 Å². The van der Waals surface area contributed by atoms with Crippen molar-refractivity contribution in [2.75, 3.05) is 14.2 Å². The Morgan fingerprint density at radius 1 is 0.578 bits per heavy atom. The number of primary amides is 2. The number of halogens is 4. The first-order valence-electron chi connectivity index (χ1n) is 42.9. The molecule has 0 spiro atoms. The molecule has 128 heavy (non-hydrogen) atoms. The van der Waals surface area contributed by atoms with E-state index >= 15 is 0 Å². The van der Waals surface area contributed by atoms with Crippen LogP contribution in [0.2, 0.25) is 20.1 Å². The largest absolute Gasteiger partial charge is 0.511 e.